The van der Waals surface area contributed by atoms with E-state index in [4.69, 9.17) is 19.2 Å². The van der Waals surface area contributed by atoms with Crippen molar-refractivity contribution in [2.45, 2.75) is 107 Å². The lowest BCUT2D eigenvalue weighted by Crippen LogP contribution is -2.58. The average Bonchev–Trinajstić information content (AvgIpc) is 4.10. The Kier molecular flexibility index (Phi) is 11.2. The summed E-state index contributed by atoms with van der Waals surface area (Å²) in [6, 6.07) is 14.0. The van der Waals surface area contributed by atoms with Crippen LogP contribution in [-0.2, 0) is 38.7 Å². The van der Waals surface area contributed by atoms with Crippen molar-refractivity contribution in [3.63, 3.8) is 0 Å². The molecule has 2 aromatic carbocycles. The molecule has 4 aliphatic rings. The first-order chi connectivity index (χ1) is 27.5. The van der Waals surface area contributed by atoms with Crippen LogP contribution in [0.3, 0.4) is 0 Å². The fourth-order valence-electron chi connectivity index (χ4n) is 7.54. The third kappa shape index (κ3) is 9.11. The maximum atomic E-state index is 14.6. The van der Waals surface area contributed by atoms with E-state index in [1.54, 1.807) is 58.2 Å². The number of esters is 1. The number of carbonyl (C=O) groups excluding carboxylic acids is 5. The van der Waals surface area contributed by atoms with Crippen molar-refractivity contribution in [3.05, 3.63) is 66.7 Å². The predicted octanol–water partition coefficient (Wildman–Crippen LogP) is 3.70. The molecule has 2 aliphatic heterocycles. The van der Waals surface area contributed by atoms with Gasteiger partial charge in [0.2, 0.25) is 27.7 Å². The molecule has 5 unspecified atom stereocenters. The molecule has 308 valence electrons. The van der Waals surface area contributed by atoms with Crippen molar-refractivity contribution in [2.75, 3.05) is 13.7 Å². The molecule has 3 fully saturated rings. The Labute approximate surface area is 337 Å². The van der Waals surface area contributed by atoms with Gasteiger partial charge in [-0.2, -0.15) is 0 Å². The van der Waals surface area contributed by atoms with E-state index in [1.807, 2.05) is 36.4 Å². The maximum absolute atomic E-state index is 14.6. The molecule has 1 saturated heterocycles. The van der Waals surface area contributed by atoms with Gasteiger partial charge >= 0.3 is 5.97 Å². The lowest BCUT2D eigenvalue weighted by Gasteiger charge is -2.30. The van der Waals surface area contributed by atoms with E-state index in [-0.39, 0.29) is 25.8 Å². The average molecular weight is 816 g/mol. The summed E-state index contributed by atoms with van der Waals surface area (Å²) < 4.78 is 45.7. The van der Waals surface area contributed by atoms with Crippen molar-refractivity contribution >= 4 is 50.5 Å². The molecular formula is C42H49N5O10S. The van der Waals surface area contributed by atoms with Crippen molar-refractivity contribution in [2.24, 2.45) is 5.92 Å². The number of ether oxygens (including phenoxy) is 3. The molecule has 3 N–H and O–H groups in total. The van der Waals surface area contributed by atoms with Gasteiger partial charge < -0.3 is 29.7 Å². The fourth-order valence-corrected chi connectivity index (χ4v) is 8.90. The molecule has 58 heavy (non-hydrogen) atoms. The van der Waals surface area contributed by atoms with E-state index in [0.29, 0.717) is 53.8 Å². The first-order valence-corrected chi connectivity index (χ1v) is 21.2. The van der Waals surface area contributed by atoms with Crippen LogP contribution in [0.25, 0.3) is 22.2 Å². The summed E-state index contributed by atoms with van der Waals surface area (Å²) in [4.78, 5) is 75.5. The van der Waals surface area contributed by atoms with Gasteiger partial charge in [-0.05, 0) is 65.0 Å². The number of rotatable bonds is 9. The summed E-state index contributed by atoms with van der Waals surface area (Å²) in [6.07, 6.45) is 4.11. The highest BCUT2D eigenvalue weighted by Crippen LogP contribution is 2.46. The second-order valence-electron chi connectivity index (χ2n) is 16.4. The number of fused-ring (bicyclic) bond motifs is 3. The van der Waals surface area contributed by atoms with E-state index in [0.717, 1.165) is 5.56 Å². The second kappa shape index (κ2) is 16.0. The minimum absolute atomic E-state index is 0.0361. The molecule has 0 radical (unpaired) electrons. The van der Waals surface area contributed by atoms with E-state index in [1.165, 1.54) is 4.90 Å². The van der Waals surface area contributed by atoms with Gasteiger partial charge in [-0.1, -0.05) is 42.5 Å². The number of allylic oxidation sites excluding steroid dienone is 1. The fraction of sp³-hybridized carbons (Fsp3) is 0.476. The zero-order valence-electron chi connectivity index (χ0n) is 33.0. The van der Waals surface area contributed by atoms with Crippen LogP contribution in [0.1, 0.15) is 72.1 Å². The molecule has 3 heterocycles. The zero-order chi connectivity index (χ0) is 41.4. The second-order valence-corrected chi connectivity index (χ2v) is 18.4. The quantitative estimate of drug-likeness (QED) is 0.210. The van der Waals surface area contributed by atoms with Crippen LogP contribution < -0.4 is 24.8 Å². The topological polar surface area (TPSA) is 199 Å². The summed E-state index contributed by atoms with van der Waals surface area (Å²) in [5, 5.41) is 5.54. The van der Waals surface area contributed by atoms with Crippen LogP contribution in [0, 0.1) is 5.92 Å². The number of carbonyl (C=O) groups is 5. The van der Waals surface area contributed by atoms with E-state index in [2.05, 4.69) is 15.4 Å². The molecule has 4 amide bonds. The molecule has 0 bridgehead atoms. The Morgan fingerprint density at radius 1 is 1.05 bits per heavy atom. The number of hydrogen-bond donors (Lipinski definition) is 3. The number of amides is 4. The molecule has 7 rings (SSSR count). The van der Waals surface area contributed by atoms with Gasteiger partial charge in [0, 0.05) is 41.8 Å². The number of sulfonamides is 1. The number of hydrogen-bond acceptors (Lipinski definition) is 11. The first-order valence-electron chi connectivity index (χ1n) is 19.6. The molecule has 5 atom stereocenters. The van der Waals surface area contributed by atoms with E-state index >= 15 is 0 Å². The number of pyridine rings is 1. The van der Waals surface area contributed by atoms with Crippen LogP contribution in [-0.4, -0.2) is 96.1 Å². The molecule has 2 aliphatic carbocycles. The summed E-state index contributed by atoms with van der Waals surface area (Å²) in [6.45, 7) is 4.93. The summed E-state index contributed by atoms with van der Waals surface area (Å²) in [5.41, 5.74) is -0.436. The molecule has 3 aromatic rings. The monoisotopic (exact) mass is 815 g/mol. The smallest absolute Gasteiger partial charge is 0.308 e. The predicted molar refractivity (Wildman–Crippen MR) is 213 cm³/mol. The van der Waals surface area contributed by atoms with Gasteiger partial charge in [0.25, 0.3) is 5.91 Å². The van der Waals surface area contributed by atoms with Gasteiger partial charge in [0.15, 0.2) is 0 Å². The van der Waals surface area contributed by atoms with Crippen LogP contribution in [0.5, 0.6) is 11.5 Å². The van der Waals surface area contributed by atoms with Gasteiger partial charge in [-0.25, -0.2) is 13.4 Å². The molecule has 1 aromatic heterocycles. The first kappa shape index (κ1) is 40.7. The largest absolute Gasteiger partial charge is 0.497 e. The third-order valence-corrected chi connectivity index (χ3v) is 12.5. The van der Waals surface area contributed by atoms with Crippen LogP contribution in [0.2, 0.25) is 0 Å². The number of nitrogens with one attached hydrogen (secondary N) is 3. The van der Waals surface area contributed by atoms with E-state index < -0.39 is 86.5 Å². The highest BCUT2D eigenvalue weighted by molar-refractivity contribution is 7.91. The zero-order valence-corrected chi connectivity index (χ0v) is 33.8. The Morgan fingerprint density at radius 3 is 2.52 bits per heavy atom. The molecule has 0 spiro atoms. The minimum Gasteiger partial charge on any atom is -0.497 e. The lowest BCUT2D eigenvalue weighted by molar-refractivity contribution is -0.157. The van der Waals surface area contributed by atoms with Crippen molar-refractivity contribution in [1.82, 2.24) is 25.2 Å². The Balaban J connectivity index is 1.24. The van der Waals surface area contributed by atoms with Gasteiger partial charge in [-0.3, -0.25) is 28.7 Å². The van der Waals surface area contributed by atoms with Gasteiger partial charge in [0.1, 0.15) is 40.8 Å². The van der Waals surface area contributed by atoms with E-state index in [9.17, 15) is 32.4 Å². The summed E-state index contributed by atoms with van der Waals surface area (Å²) in [7, 11) is -2.39. The Bertz CT molecular complexity index is 2250. The van der Waals surface area contributed by atoms with Gasteiger partial charge in [-0.15, -0.1) is 0 Å². The SMILES string of the molecule is COc1ccc2c(OC3CC4C(=O)NC5(C(=O)NS(=O)(=O)C6CC6)CC5C=CCCCC(=O)NC(CC(=O)OC(C)(C)C)C(=O)N4C3)cc(-c3ccccc3)nc2c1. The summed E-state index contributed by atoms with van der Waals surface area (Å²) in [5.74, 6) is -2.97. The van der Waals surface area contributed by atoms with Gasteiger partial charge in [0.05, 0.1) is 36.5 Å². The lowest BCUT2D eigenvalue weighted by atomic mass is 10.1. The van der Waals surface area contributed by atoms with Crippen LogP contribution >= 0.6 is 0 Å². The normalized spacial score (nSPS) is 25.3. The number of nitrogens with zero attached hydrogens (tertiary/aromatic N) is 2. The number of benzene rings is 2. The number of aromatic nitrogens is 1. The van der Waals surface area contributed by atoms with Crippen LogP contribution in [0.15, 0.2) is 66.7 Å². The minimum atomic E-state index is -3.95. The third-order valence-electron chi connectivity index (χ3n) is 10.7. The van der Waals surface area contributed by atoms with Crippen molar-refractivity contribution in [3.8, 4) is 22.8 Å². The number of methoxy groups -OCH3 is 1. The maximum Gasteiger partial charge on any atom is 0.308 e. The molecular weight excluding hydrogens is 767 g/mol. The Morgan fingerprint density at radius 2 is 1.81 bits per heavy atom. The van der Waals surface area contributed by atoms with Crippen molar-refractivity contribution in [1.29, 1.82) is 0 Å². The molecule has 16 heteroatoms. The molecule has 15 nitrogen and oxygen atoms in total. The molecule has 2 saturated carbocycles. The summed E-state index contributed by atoms with van der Waals surface area (Å²) >= 11 is 0. The Hall–Kier alpha value is -5.51. The highest BCUT2D eigenvalue weighted by Gasteiger charge is 2.62. The standard InChI is InChI=1S/C42H49N5O10S/c1-41(2,3)57-37(49)22-33-39(51)47-24-28(56-35-21-31(25-11-7-5-8-12-25)43-32-19-27(55-4)15-18-30(32)35)20-34(47)38(50)45-42(40(52)46-58(53,54)29-16-17-29)23-26(42)13-9-6-10-14-36(48)44-33/h5,7-9,11-13,15,18-19,21,26,28-29,33-34H,6,10,14,16-17,20,22-24H2,1-4H3,(H,44,48)(H,45,50)(H,46,52). The van der Waals surface area contributed by atoms with Crippen LogP contribution in [0.4, 0.5) is 0 Å². The highest BCUT2D eigenvalue weighted by atomic mass is 32.2. The van der Waals surface area contributed by atoms with Crippen molar-refractivity contribution < 1.29 is 46.6 Å².